The molecule has 1 heterocycles. The molecule has 1 aliphatic rings. The lowest BCUT2D eigenvalue weighted by atomic mass is 10.0. The molecule has 280 valence electrons. The third-order valence-corrected chi connectivity index (χ3v) is 7.11. The highest BCUT2D eigenvalue weighted by Crippen LogP contribution is 2.41. The Hall–Kier alpha value is -4.64. The molecule has 0 fully saturated rings. The fourth-order valence-electron chi connectivity index (χ4n) is 4.47. The summed E-state index contributed by atoms with van der Waals surface area (Å²) >= 11 is 6.09. The van der Waals surface area contributed by atoms with Gasteiger partial charge in [-0.3, -0.25) is 9.78 Å². The number of amides is 1. The third kappa shape index (κ3) is 11.2. The van der Waals surface area contributed by atoms with Crippen molar-refractivity contribution in [3.05, 3.63) is 58.6 Å². The average Bonchev–Trinajstić information content (AvgIpc) is 3.45. The van der Waals surface area contributed by atoms with Crippen molar-refractivity contribution >= 4 is 41.6 Å². The minimum absolute atomic E-state index is 0.0622. The molecule has 3 unspecified atom stereocenters. The summed E-state index contributed by atoms with van der Waals surface area (Å²) in [7, 11) is 0. The smallest absolute Gasteiger partial charge is 0.453 e. The second-order valence-electron chi connectivity index (χ2n) is 12.4. The summed E-state index contributed by atoms with van der Waals surface area (Å²) < 4.78 is 21.4. The van der Waals surface area contributed by atoms with Gasteiger partial charge in [0.25, 0.3) is 0 Å². The Labute approximate surface area is 299 Å². The van der Waals surface area contributed by atoms with Gasteiger partial charge in [-0.2, -0.15) is 9.78 Å². The molecule has 0 spiro atoms. The molecule has 0 aromatic heterocycles. The number of carboxylic acids is 1. The van der Waals surface area contributed by atoms with E-state index in [1.165, 1.54) is 23.1 Å². The molecule has 3 rings (SSSR count). The van der Waals surface area contributed by atoms with Crippen molar-refractivity contribution < 1.29 is 72.7 Å². The van der Waals surface area contributed by atoms with Gasteiger partial charge in [0.05, 0.1) is 25.9 Å². The first-order chi connectivity index (χ1) is 24.0. The van der Waals surface area contributed by atoms with E-state index in [0.717, 1.165) is 0 Å². The predicted molar refractivity (Wildman–Crippen MR) is 175 cm³/mol. The van der Waals surface area contributed by atoms with Crippen molar-refractivity contribution in [2.45, 2.75) is 90.4 Å². The van der Waals surface area contributed by atoms with Crippen LogP contribution in [0.4, 0.5) is 4.79 Å². The largest absolute Gasteiger partial charge is 0.475 e. The lowest BCUT2D eigenvalue weighted by Crippen LogP contribution is -2.57. The number of ether oxygens (including phenoxy) is 4. The Morgan fingerprint density at radius 2 is 1.53 bits per heavy atom. The van der Waals surface area contributed by atoms with Crippen molar-refractivity contribution in [2.24, 2.45) is 0 Å². The highest BCUT2D eigenvalue weighted by atomic mass is 35.5. The third-order valence-electron chi connectivity index (χ3n) is 6.87. The summed E-state index contributed by atoms with van der Waals surface area (Å²) in [5.41, 5.74) is 0.131. The van der Waals surface area contributed by atoms with Crippen LogP contribution in [0.1, 0.15) is 71.6 Å². The molecule has 1 amide bonds. The average molecular weight is 740 g/mol. The number of carbonyl (C=O) groups is 5. The van der Waals surface area contributed by atoms with Crippen LogP contribution in [0.15, 0.2) is 42.5 Å². The van der Waals surface area contributed by atoms with Crippen molar-refractivity contribution in [1.29, 1.82) is 0 Å². The molecule has 16 nitrogen and oxygen atoms in total. The molecule has 17 heteroatoms. The van der Waals surface area contributed by atoms with E-state index in [1.54, 1.807) is 65.8 Å². The quantitative estimate of drug-likeness (QED) is 0.0755. The zero-order valence-electron chi connectivity index (χ0n) is 29.0. The summed E-state index contributed by atoms with van der Waals surface area (Å²) in [6.45, 7) is 9.95. The van der Waals surface area contributed by atoms with E-state index in [-0.39, 0.29) is 37.7 Å². The monoisotopic (exact) mass is 739 g/mol. The number of rotatable bonds is 17. The van der Waals surface area contributed by atoms with E-state index in [9.17, 15) is 34.2 Å². The van der Waals surface area contributed by atoms with Gasteiger partial charge in [-0.25, -0.2) is 24.0 Å². The van der Waals surface area contributed by atoms with Crippen molar-refractivity contribution in [3.63, 3.8) is 0 Å². The lowest BCUT2D eigenvalue weighted by molar-refractivity contribution is -0.294. The van der Waals surface area contributed by atoms with Gasteiger partial charge in [0.2, 0.25) is 0 Å². The van der Waals surface area contributed by atoms with E-state index < -0.39 is 59.6 Å². The maximum atomic E-state index is 13.3. The molecule has 2 N–H and O–H groups in total. The minimum Gasteiger partial charge on any atom is -0.475 e. The molecule has 0 bridgehead atoms. The molecule has 3 atom stereocenters. The number of esters is 1. The van der Waals surface area contributed by atoms with E-state index in [4.69, 9.17) is 30.5 Å². The number of hydrogen-bond acceptors (Lipinski definition) is 14. The van der Waals surface area contributed by atoms with Crippen LogP contribution in [0, 0.1) is 0 Å². The van der Waals surface area contributed by atoms with Gasteiger partial charge < -0.3 is 34.1 Å². The van der Waals surface area contributed by atoms with Crippen molar-refractivity contribution in [2.75, 3.05) is 19.8 Å². The Bertz CT molecular complexity index is 1540. The van der Waals surface area contributed by atoms with Crippen molar-refractivity contribution in [1.82, 2.24) is 4.90 Å². The second-order valence-corrected chi connectivity index (χ2v) is 12.8. The molecule has 51 heavy (non-hydrogen) atoms. The number of hydrogen-bond donors (Lipinski definition) is 2. The number of aliphatic hydroxyl groups excluding tert-OH is 1. The summed E-state index contributed by atoms with van der Waals surface area (Å²) in [4.78, 5) is 83.8. The molecule has 0 saturated heterocycles. The van der Waals surface area contributed by atoms with Gasteiger partial charge >= 0.3 is 41.9 Å². The number of aliphatic carboxylic acids is 1. The van der Waals surface area contributed by atoms with Gasteiger partial charge in [-0.1, -0.05) is 43.6 Å². The maximum absolute atomic E-state index is 13.3. The minimum atomic E-state index is -3.19. The highest BCUT2D eigenvalue weighted by molar-refractivity contribution is 6.30. The Morgan fingerprint density at radius 3 is 2.08 bits per heavy atom. The zero-order chi connectivity index (χ0) is 37.9. The normalized spacial score (nSPS) is 16.2. The fourth-order valence-corrected chi connectivity index (χ4v) is 4.67. The first-order valence-corrected chi connectivity index (χ1v) is 16.4. The first kappa shape index (κ1) is 40.8. The number of carboxylic acid groups (broad SMARTS) is 1. The number of nitrogens with zero attached hydrogens (tertiary/aromatic N) is 1. The van der Waals surface area contributed by atoms with E-state index >= 15 is 0 Å². The van der Waals surface area contributed by atoms with Crippen LogP contribution in [-0.4, -0.2) is 88.4 Å². The number of carbonyl (C=O) groups excluding carboxylic acids is 4. The summed E-state index contributed by atoms with van der Waals surface area (Å²) in [6.07, 6.45) is -3.30. The molecule has 0 radical (unpaired) electrons. The predicted octanol–water partition coefficient (Wildman–Crippen LogP) is 4.48. The zero-order valence-corrected chi connectivity index (χ0v) is 29.8. The number of benzene rings is 2. The Morgan fingerprint density at radius 1 is 0.922 bits per heavy atom. The fraction of sp³-hybridized carbons (Fsp3) is 0.500. The number of halogens is 1. The van der Waals surface area contributed by atoms with Gasteiger partial charge in [0.1, 0.15) is 5.60 Å². The van der Waals surface area contributed by atoms with Crippen LogP contribution < -0.4 is 9.47 Å². The molecular formula is C34H42ClNO15. The molecular weight excluding hydrogens is 698 g/mol. The molecule has 0 aliphatic carbocycles. The molecule has 1 aliphatic heterocycles. The van der Waals surface area contributed by atoms with Gasteiger partial charge in [-0.05, 0) is 82.3 Å². The molecule has 2 aromatic carbocycles. The van der Waals surface area contributed by atoms with Crippen LogP contribution in [0.25, 0.3) is 0 Å². The van der Waals surface area contributed by atoms with Crippen LogP contribution in [0.3, 0.4) is 0 Å². The van der Waals surface area contributed by atoms with Crippen LogP contribution in [0.5, 0.6) is 11.5 Å². The standard InChI is InChI=1S/C34H42ClNO15/c1-7-14-44-50-28(38)27(29(39)51-45-15-8-2)46-31(42)34(30(40)41)47-25-13-12-21(17-26(25)48-34)16-20(3)36(32(43)49-33(4,5)6)19-24(37)22-10-9-11-23(35)18-22/h9-13,17-18,20,24,27,37H,7-8,14-16,19H2,1-6H3,(H,40,41). The molecule has 0 saturated carbocycles. The van der Waals surface area contributed by atoms with Gasteiger partial charge in [0, 0.05) is 11.1 Å². The SMILES string of the molecule is CCCOOC(=O)C(OC(=O)C1(C(=O)O)Oc2ccc(CC(C)N(CC(O)c3cccc(Cl)c3)C(=O)OC(C)(C)C)cc2O1)C(=O)OOCCC. The Kier molecular flexibility index (Phi) is 14.4. The van der Waals surface area contributed by atoms with Gasteiger partial charge in [-0.15, -0.1) is 0 Å². The summed E-state index contributed by atoms with van der Waals surface area (Å²) in [5, 5.41) is 21.5. The van der Waals surface area contributed by atoms with E-state index in [1.807, 2.05) is 0 Å². The van der Waals surface area contributed by atoms with Crippen LogP contribution in [0.2, 0.25) is 5.02 Å². The van der Waals surface area contributed by atoms with E-state index in [2.05, 4.69) is 19.6 Å². The van der Waals surface area contributed by atoms with Gasteiger partial charge in [0.15, 0.2) is 11.5 Å². The highest BCUT2D eigenvalue weighted by Gasteiger charge is 2.60. The number of aliphatic hydroxyl groups is 1. The maximum Gasteiger partial charge on any atom is 0.453 e. The topological polar surface area (TPSA) is 203 Å². The Balaban J connectivity index is 1.83. The number of fused-ring (bicyclic) bond motifs is 1. The van der Waals surface area contributed by atoms with E-state index in [0.29, 0.717) is 29.0 Å². The summed E-state index contributed by atoms with van der Waals surface area (Å²) in [6, 6.07) is 10.2. The van der Waals surface area contributed by atoms with Crippen molar-refractivity contribution in [3.8, 4) is 11.5 Å². The molecule has 2 aromatic rings. The second kappa shape index (κ2) is 18.0. The van der Waals surface area contributed by atoms with Crippen LogP contribution in [-0.2, 0) is 54.6 Å². The lowest BCUT2D eigenvalue weighted by Gasteiger charge is -2.33. The summed E-state index contributed by atoms with van der Waals surface area (Å²) in [5.74, 6) is -10.4. The first-order valence-electron chi connectivity index (χ1n) is 16.1. The van der Waals surface area contributed by atoms with Crippen LogP contribution >= 0.6 is 11.6 Å².